The third-order valence-corrected chi connectivity index (χ3v) is 5.40. The highest BCUT2D eigenvalue weighted by Crippen LogP contribution is 2.37. The van der Waals surface area contributed by atoms with Gasteiger partial charge in [0.1, 0.15) is 17.1 Å². The molecule has 1 N–H and O–H groups in total. The van der Waals surface area contributed by atoms with E-state index in [1.165, 1.54) is 31.3 Å². The predicted octanol–water partition coefficient (Wildman–Crippen LogP) is 4.13. The molecular formula is C24H25F3N6O3. The Kier molecular flexibility index (Phi) is 6.97. The van der Waals surface area contributed by atoms with E-state index < -0.39 is 24.3 Å². The fraction of sp³-hybridized carbons (Fsp3) is 0.333. The van der Waals surface area contributed by atoms with E-state index in [2.05, 4.69) is 20.1 Å². The van der Waals surface area contributed by atoms with E-state index >= 15 is 4.39 Å². The lowest BCUT2D eigenvalue weighted by molar-refractivity contribution is -0.0251. The van der Waals surface area contributed by atoms with Crippen molar-refractivity contribution in [2.45, 2.75) is 25.4 Å². The molecule has 0 spiro atoms. The molecule has 190 valence electrons. The molecule has 0 saturated carbocycles. The van der Waals surface area contributed by atoms with Crippen LogP contribution in [0.4, 0.5) is 24.7 Å². The number of anilines is 2. The average Bonchev–Trinajstić information content (AvgIpc) is 3.27. The van der Waals surface area contributed by atoms with Gasteiger partial charge in [-0.15, -0.1) is 0 Å². The highest BCUT2D eigenvalue weighted by atomic mass is 19.3. The first kappa shape index (κ1) is 25.2. The summed E-state index contributed by atoms with van der Waals surface area (Å²) < 4.78 is 54.7. The number of rotatable bonds is 9. The Bertz CT molecular complexity index is 1380. The van der Waals surface area contributed by atoms with Gasteiger partial charge in [0, 0.05) is 37.4 Å². The second-order valence-corrected chi connectivity index (χ2v) is 8.37. The Morgan fingerprint density at radius 2 is 1.92 bits per heavy atom. The van der Waals surface area contributed by atoms with Crippen LogP contribution in [-0.4, -0.2) is 62.6 Å². The van der Waals surface area contributed by atoms with Crippen molar-refractivity contribution in [1.82, 2.24) is 24.7 Å². The van der Waals surface area contributed by atoms with Crippen molar-refractivity contribution in [1.29, 1.82) is 0 Å². The van der Waals surface area contributed by atoms with Crippen LogP contribution >= 0.6 is 0 Å². The first-order valence-corrected chi connectivity index (χ1v) is 11.0. The van der Waals surface area contributed by atoms with E-state index in [-0.39, 0.29) is 35.2 Å². The molecule has 3 heterocycles. The smallest absolute Gasteiger partial charge is 0.247 e. The Balaban J connectivity index is 1.83. The molecule has 9 nitrogen and oxygen atoms in total. The topological polar surface area (TPSA) is 98.4 Å². The van der Waals surface area contributed by atoms with Gasteiger partial charge in [0.25, 0.3) is 0 Å². The van der Waals surface area contributed by atoms with Crippen molar-refractivity contribution >= 4 is 22.7 Å². The van der Waals surface area contributed by atoms with Gasteiger partial charge in [-0.3, -0.25) is 9.67 Å². The molecule has 1 unspecified atom stereocenters. The van der Waals surface area contributed by atoms with Gasteiger partial charge < -0.3 is 19.5 Å². The Morgan fingerprint density at radius 1 is 1.14 bits per heavy atom. The summed E-state index contributed by atoms with van der Waals surface area (Å²) in [4.78, 5) is 14.7. The number of benzene rings is 1. The average molecular weight is 502 g/mol. The molecule has 0 radical (unpaired) electrons. The Hall–Kier alpha value is -3.93. The van der Waals surface area contributed by atoms with Crippen LogP contribution in [0.3, 0.4) is 0 Å². The van der Waals surface area contributed by atoms with Crippen molar-refractivity contribution in [3.63, 3.8) is 0 Å². The van der Waals surface area contributed by atoms with Gasteiger partial charge in [-0.1, -0.05) is 0 Å². The first-order chi connectivity index (χ1) is 17.1. The lowest BCUT2D eigenvalue weighted by atomic mass is 10.1. The van der Waals surface area contributed by atoms with E-state index in [1.54, 1.807) is 42.5 Å². The number of alkyl halides is 2. The molecule has 0 saturated heterocycles. The quantitative estimate of drug-likeness (QED) is 0.365. The number of hydrogen-bond acceptors (Lipinski definition) is 8. The van der Waals surface area contributed by atoms with Crippen LogP contribution in [0.25, 0.3) is 22.4 Å². The molecule has 0 amide bonds. The Labute approximate surface area is 205 Å². The van der Waals surface area contributed by atoms with Gasteiger partial charge in [-0.05, 0) is 19.1 Å². The standard InChI is InChI=1S/C24H25F3N6O3/c1-24(26,27)9-15(34)13-33(19-7-16(35-3)8-20(36-4)22(19)25)21-6-5-17-23(31-21)30-18(11-28-17)14-10-29-32(2)12-14/h5-8,10-12,15,34H,9,13H2,1-4H3. The zero-order valence-electron chi connectivity index (χ0n) is 20.1. The van der Waals surface area contributed by atoms with E-state index in [0.717, 1.165) is 5.56 Å². The molecule has 36 heavy (non-hydrogen) atoms. The first-order valence-electron chi connectivity index (χ1n) is 11.0. The van der Waals surface area contributed by atoms with Gasteiger partial charge in [-0.25, -0.2) is 23.1 Å². The second-order valence-electron chi connectivity index (χ2n) is 8.37. The van der Waals surface area contributed by atoms with Gasteiger partial charge in [0.2, 0.25) is 5.92 Å². The molecule has 0 fully saturated rings. The molecular weight excluding hydrogens is 477 g/mol. The van der Waals surface area contributed by atoms with E-state index in [1.807, 2.05) is 0 Å². The summed E-state index contributed by atoms with van der Waals surface area (Å²) in [6.07, 6.45) is 2.64. The fourth-order valence-corrected chi connectivity index (χ4v) is 3.76. The zero-order chi connectivity index (χ0) is 26.0. The third-order valence-electron chi connectivity index (χ3n) is 5.40. The Morgan fingerprint density at radius 3 is 2.56 bits per heavy atom. The van der Waals surface area contributed by atoms with Crippen LogP contribution in [0, 0.1) is 5.82 Å². The minimum Gasteiger partial charge on any atom is -0.497 e. The molecule has 1 aromatic carbocycles. The highest BCUT2D eigenvalue weighted by Gasteiger charge is 2.29. The number of ether oxygens (including phenoxy) is 2. The van der Waals surface area contributed by atoms with Crippen LogP contribution in [0.2, 0.25) is 0 Å². The molecule has 4 aromatic rings. The predicted molar refractivity (Wildman–Crippen MR) is 127 cm³/mol. The van der Waals surface area contributed by atoms with Crippen molar-refractivity contribution in [3.8, 4) is 22.8 Å². The highest BCUT2D eigenvalue weighted by molar-refractivity contribution is 5.77. The largest absolute Gasteiger partial charge is 0.497 e. The monoisotopic (exact) mass is 502 g/mol. The minimum absolute atomic E-state index is 0.0760. The van der Waals surface area contributed by atoms with Gasteiger partial charge >= 0.3 is 0 Å². The van der Waals surface area contributed by atoms with Gasteiger partial charge in [0.05, 0.1) is 50.6 Å². The number of halogens is 3. The number of fused-ring (bicyclic) bond motifs is 1. The van der Waals surface area contributed by atoms with E-state index in [0.29, 0.717) is 18.1 Å². The zero-order valence-corrected chi connectivity index (χ0v) is 20.1. The van der Waals surface area contributed by atoms with Crippen LogP contribution in [0.15, 0.2) is 42.9 Å². The SMILES string of the molecule is COc1cc(OC)c(F)c(N(CC(O)CC(C)(F)F)c2ccc3ncc(-c4cnn(C)c4)nc3n2)c1. The summed E-state index contributed by atoms with van der Waals surface area (Å²) in [6, 6.07) is 5.90. The maximum absolute atomic E-state index is 15.4. The lowest BCUT2D eigenvalue weighted by Crippen LogP contribution is -2.33. The summed E-state index contributed by atoms with van der Waals surface area (Å²) in [5, 5.41) is 14.6. The number of methoxy groups -OCH3 is 2. The molecule has 1 atom stereocenters. The number of aryl methyl sites for hydroxylation is 1. The minimum atomic E-state index is -3.13. The number of aromatic nitrogens is 5. The van der Waals surface area contributed by atoms with E-state index in [9.17, 15) is 13.9 Å². The van der Waals surface area contributed by atoms with Crippen molar-refractivity contribution in [2.75, 3.05) is 25.7 Å². The second kappa shape index (κ2) is 9.97. The molecule has 0 aliphatic heterocycles. The van der Waals surface area contributed by atoms with Crippen LogP contribution in [-0.2, 0) is 7.05 Å². The number of aliphatic hydroxyl groups is 1. The van der Waals surface area contributed by atoms with Crippen molar-refractivity contribution in [3.05, 3.63) is 48.7 Å². The molecule has 3 aromatic heterocycles. The maximum atomic E-state index is 15.4. The van der Waals surface area contributed by atoms with Crippen molar-refractivity contribution < 1.29 is 27.8 Å². The lowest BCUT2D eigenvalue weighted by Gasteiger charge is -2.28. The molecule has 0 bridgehead atoms. The number of pyridine rings is 1. The van der Waals surface area contributed by atoms with Crippen LogP contribution < -0.4 is 14.4 Å². The maximum Gasteiger partial charge on any atom is 0.247 e. The normalized spacial score (nSPS) is 12.6. The van der Waals surface area contributed by atoms with E-state index in [4.69, 9.17) is 9.47 Å². The molecule has 12 heteroatoms. The summed E-state index contributed by atoms with van der Waals surface area (Å²) in [5.41, 5.74) is 1.87. The summed E-state index contributed by atoms with van der Waals surface area (Å²) >= 11 is 0. The van der Waals surface area contributed by atoms with Crippen molar-refractivity contribution in [2.24, 2.45) is 7.05 Å². The number of aliphatic hydroxyl groups excluding tert-OH is 1. The third kappa shape index (κ3) is 5.48. The fourth-order valence-electron chi connectivity index (χ4n) is 3.76. The van der Waals surface area contributed by atoms with Crippen LogP contribution in [0.1, 0.15) is 13.3 Å². The van der Waals surface area contributed by atoms with Gasteiger partial charge in [-0.2, -0.15) is 5.10 Å². The van der Waals surface area contributed by atoms with Gasteiger partial charge in [0.15, 0.2) is 17.2 Å². The number of nitrogens with zero attached hydrogens (tertiary/aromatic N) is 6. The summed E-state index contributed by atoms with van der Waals surface area (Å²) in [5.74, 6) is -3.60. The summed E-state index contributed by atoms with van der Waals surface area (Å²) in [6.45, 7) is 0.324. The molecule has 0 aliphatic carbocycles. The molecule has 0 aliphatic rings. The summed E-state index contributed by atoms with van der Waals surface area (Å²) in [7, 11) is 4.47. The van der Waals surface area contributed by atoms with Crippen LogP contribution in [0.5, 0.6) is 11.5 Å². The number of hydrogen-bond donors (Lipinski definition) is 1. The molecule has 4 rings (SSSR count).